The van der Waals surface area contributed by atoms with Crippen LogP contribution in [-0.2, 0) is 19.5 Å². The van der Waals surface area contributed by atoms with Crippen LogP contribution in [-0.4, -0.2) is 57.2 Å². The number of thiocarbonyl (C=S) groups is 1. The van der Waals surface area contributed by atoms with Gasteiger partial charge in [-0.25, -0.2) is 13.2 Å². The van der Waals surface area contributed by atoms with Crippen molar-refractivity contribution in [2.24, 2.45) is 0 Å². The fourth-order valence-electron chi connectivity index (χ4n) is 3.31. The van der Waals surface area contributed by atoms with E-state index in [9.17, 15) is 13.2 Å². The van der Waals surface area contributed by atoms with Gasteiger partial charge in [-0.05, 0) is 54.7 Å². The van der Waals surface area contributed by atoms with Gasteiger partial charge in [0.25, 0.3) is 0 Å². The van der Waals surface area contributed by atoms with Crippen molar-refractivity contribution < 1.29 is 22.7 Å². The lowest BCUT2D eigenvalue weighted by molar-refractivity contribution is 0.0606. The number of morpholine rings is 1. The average Bonchev–Trinajstić information content (AvgIpc) is 3.15. The lowest BCUT2D eigenvalue weighted by atomic mass is 10.2. The van der Waals surface area contributed by atoms with Gasteiger partial charge in [-0.3, -0.25) is 0 Å². The average molecular weight is 526 g/mol. The van der Waals surface area contributed by atoms with Gasteiger partial charge in [0.15, 0.2) is 5.11 Å². The second-order valence-corrected chi connectivity index (χ2v) is 10.8. The van der Waals surface area contributed by atoms with Crippen molar-refractivity contribution in [1.82, 2.24) is 4.31 Å². The van der Waals surface area contributed by atoms with Crippen LogP contribution in [0.15, 0.2) is 47.4 Å². The number of halogens is 1. The van der Waals surface area contributed by atoms with E-state index in [-0.39, 0.29) is 4.90 Å². The summed E-state index contributed by atoms with van der Waals surface area (Å²) >= 11 is 12.9. The van der Waals surface area contributed by atoms with Gasteiger partial charge < -0.3 is 20.1 Å². The van der Waals surface area contributed by atoms with Crippen molar-refractivity contribution in [2.75, 3.05) is 44.0 Å². The Labute approximate surface area is 205 Å². The third-order valence-electron chi connectivity index (χ3n) is 4.98. The molecule has 4 rings (SSSR count). The first-order valence-electron chi connectivity index (χ1n) is 9.86. The molecule has 1 aromatic heterocycles. The van der Waals surface area contributed by atoms with E-state index in [2.05, 4.69) is 10.6 Å². The molecule has 2 aromatic carbocycles. The number of sulfonamides is 1. The summed E-state index contributed by atoms with van der Waals surface area (Å²) in [6.07, 6.45) is 0. The molecule has 174 valence electrons. The summed E-state index contributed by atoms with van der Waals surface area (Å²) in [5, 5.41) is 7.56. The van der Waals surface area contributed by atoms with Crippen LogP contribution in [0.4, 0.5) is 11.4 Å². The Bertz CT molecular complexity index is 1300. The molecule has 12 heteroatoms. The Morgan fingerprint density at radius 2 is 1.76 bits per heavy atom. The van der Waals surface area contributed by atoms with Crippen molar-refractivity contribution in [3.05, 3.63) is 52.4 Å². The van der Waals surface area contributed by atoms with Crippen LogP contribution in [0.5, 0.6) is 0 Å². The molecule has 1 aliphatic rings. The molecule has 0 amide bonds. The first-order valence-corrected chi connectivity index (χ1v) is 12.9. The molecule has 0 atom stereocenters. The summed E-state index contributed by atoms with van der Waals surface area (Å²) in [6, 6.07) is 11.8. The van der Waals surface area contributed by atoms with Crippen molar-refractivity contribution in [2.45, 2.75) is 4.90 Å². The van der Waals surface area contributed by atoms with Gasteiger partial charge in [-0.1, -0.05) is 11.6 Å². The number of methoxy groups -OCH3 is 1. The minimum atomic E-state index is -3.55. The Hall–Kier alpha value is -2.28. The molecule has 1 fully saturated rings. The van der Waals surface area contributed by atoms with Crippen LogP contribution in [0.25, 0.3) is 10.1 Å². The molecule has 0 radical (unpaired) electrons. The molecule has 0 unspecified atom stereocenters. The Morgan fingerprint density at radius 3 is 2.42 bits per heavy atom. The number of fused-ring (bicyclic) bond motifs is 1. The summed E-state index contributed by atoms with van der Waals surface area (Å²) in [7, 11) is -2.24. The number of anilines is 2. The van der Waals surface area contributed by atoms with Crippen LogP contribution in [0.2, 0.25) is 5.02 Å². The zero-order chi connectivity index (χ0) is 23.6. The second kappa shape index (κ2) is 9.92. The number of ether oxygens (including phenoxy) is 2. The van der Waals surface area contributed by atoms with E-state index in [1.54, 1.807) is 36.4 Å². The number of carbonyl (C=O) groups is 1. The highest BCUT2D eigenvalue weighted by Crippen LogP contribution is 2.37. The third-order valence-corrected chi connectivity index (χ3v) is 8.73. The molecule has 33 heavy (non-hydrogen) atoms. The predicted octanol–water partition coefficient (Wildman–Crippen LogP) is 4.17. The monoisotopic (exact) mass is 525 g/mol. The molecular formula is C21H20ClN3O5S3. The van der Waals surface area contributed by atoms with E-state index in [0.29, 0.717) is 52.7 Å². The van der Waals surface area contributed by atoms with E-state index < -0.39 is 16.0 Å². The van der Waals surface area contributed by atoms with E-state index in [1.165, 1.54) is 22.8 Å². The number of rotatable bonds is 5. The Kier molecular flexibility index (Phi) is 7.17. The van der Waals surface area contributed by atoms with E-state index in [4.69, 9.17) is 33.3 Å². The third kappa shape index (κ3) is 5.13. The van der Waals surface area contributed by atoms with Gasteiger partial charge in [0.2, 0.25) is 10.0 Å². The summed E-state index contributed by atoms with van der Waals surface area (Å²) in [5.41, 5.74) is 1.35. The Morgan fingerprint density at radius 1 is 1.12 bits per heavy atom. The summed E-state index contributed by atoms with van der Waals surface area (Å²) in [4.78, 5) is 12.4. The van der Waals surface area contributed by atoms with Crippen LogP contribution < -0.4 is 10.6 Å². The molecule has 3 aromatic rings. The van der Waals surface area contributed by atoms with Gasteiger partial charge in [0.1, 0.15) is 4.88 Å². The van der Waals surface area contributed by atoms with Gasteiger partial charge in [-0.2, -0.15) is 4.31 Å². The molecule has 0 bridgehead atoms. The highest BCUT2D eigenvalue weighted by Gasteiger charge is 2.26. The van der Waals surface area contributed by atoms with E-state index >= 15 is 0 Å². The predicted molar refractivity (Wildman–Crippen MR) is 134 cm³/mol. The smallest absolute Gasteiger partial charge is 0.349 e. The normalized spacial score (nSPS) is 14.7. The molecule has 8 nitrogen and oxygen atoms in total. The zero-order valence-electron chi connectivity index (χ0n) is 17.5. The van der Waals surface area contributed by atoms with Crippen molar-refractivity contribution in [3.8, 4) is 0 Å². The fraction of sp³-hybridized carbons (Fsp3) is 0.238. The SMILES string of the molecule is COC(=O)c1sc2cc(NC(=S)Nc3ccc(S(=O)(=O)N4CCOCC4)cc3)ccc2c1Cl. The topological polar surface area (TPSA) is 97.0 Å². The molecular weight excluding hydrogens is 506 g/mol. The summed E-state index contributed by atoms with van der Waals surface area (Å²) < 4.78 is 37.7. The van der Waals surface area contributed by atoms with Gasteiger partial charge in [-0.15, -0.1) is 11.3 Å². The number of carbonyl (C=O) groups excluding carboxylic acids is 1. The van der Waals surface area contributed by atoms with Crippen LogP contribution in [0, 0.1) is 0 Å². The molecule has 1 aliphatic heterocycles. The van der Waals surface area contributed by atoms with Gasteiger partial charge in [0.05, 0.1) is 30.2 Å². The summed E-state index contributed by atoms with van der Waals surface area (Å²) in [6.45, 7) is 1.48. The Balaban J connectivity index is 1.43. The lowest BCUT2D eigenvalue weighted by Gasteiger charge is -2.26. The number of benzene rings is 2. The van der Waals surface area contributed by atoms with Crippen LogP contribution in [0.3, 0.4) is 0 Å². The number of nitrogens with one attached hydrogen (secondary N) is 2. The standard InChI is InChI=1S/C21H20ClN3O5S3/c1-29-20(26)19-18(22)16-7-4-14(12-17(16)32-19)24-21(31)23-13-2-5-15(6-3-13)33(27,28)25-8-10-30-11-9-25/h2-7,12H,8-11H2,1H3,(H2,23,24,31). The maximum Gasteiger partial charge on any atom is 0.349 e. The number of thiophene rings is 1. The van der Waals surface area contributed by atoms with Crippen molar-refractivity contribution in [3.63, 3.8) is 0 Å². The number of esters is 1. The molecule has 1 saturated heterocycles. The second-order valence-electron chi connectivity index (χ2n) is 7.07. The maximum absolute atomic E-state index is 12.7. The maximum atomic E-state index is 12.7. The molecule has 2 heterocycles. The number of nitrogens with zero attached hydrogens (tertiary/aromatic N) is 1. The number of hydrogen-bond acceptors (Lipinski definition) is 7. The molecule has 2 N–H and O–H groups in total. The van der Waals surface area contributed by atoms with E-state index in [1.807, 2.05) is 6.07 Å². The highest BCUT2D eigenvalue weighted by atomic mass is 35.5. The number of hydrogen-bond donors (Lipinski definition) is 2. The molecule has 0 aliphatic carbocycles. The first-order chi connectivity index (χ1) is 15.8. The molecule has 0 spiro atoms. The summed E-state index contributed by atoms with van der Waals surface area (Å²) in [5.74, 6) is -0.480. The first kappa shape index (κ1) is 23.9. The van der Waals surface area contributed by atoms with Crippen LogP contribution >= 0.6 is 35.2 Å². The van der Waals surface area contributed by atoms with Crippen molar-refractivity contribution >= 4 is 77.7 Å². The largest absolute Gasteiger partial charge is 0.465 e. The lowest BCUT2D eigenvalue weighted by Crippen LogP contribution is -2.40. The van der Waals surface area contributed by atoms with Gasteiger partial charge in [0, 0.05) is 34.6 Å². The quantitative estimate of drug-likeness (QED) is 0.378. The van der Waals surface area contributed by atoms with Crippen LogP contribution in [0.1, 0.15) is 9.67 Å². The molecule has 0 saturated carbocycles. The highest BCUT2D eigenvalue weighted by molar-refractivity contribution is 7.89. The fourth-order valence-corrected chi connectivity index (χ4v) is 6.42. The van der Waals surface area contributed by atoms with E-state index in [0.717, 1.165) is 10.1 Å². The minimum absolute atomic E-state index is 0.218. The van der Waals surface area contributed by atoms with Gasteiger partial charge >= 0.3 is 5.97 Å². The zero-order valence-corrected chi connectivity index (χ0v) is 20.7. The van der Waals surface area contributed by atoms with Crippen molar-refractivity contribution in [1.29, 1.82) is 0 Å². The minimum Gasteiger partial charge on any atom is -0.465 e.